The Kier molecular flexibility index (Phi) is 8.36. The number of nitrogens with zero attached hydrogens (tertiary/aromatic N) is 1. The molecule has 3 nitrogen and oxygen atoms in total. The Bertz CT molecular complexity index is 373. The van der Waals surface area contributed by atoms with E-state index in [1.807, 2.05) is 18.2 Å². The highest BCUT2D eigenvalue weighted by molar-refractivity contribution is 5.91. The van der Waals surface area contributed by atoms with Crippen LogP contribution < -0.4 is 0 Å². The Morgan fingerprint density at radius 3 is 2.52 bits per heavy atom. The van der Waals surface area contributed by atoms with Crippen LogP contribution in [0.4, 0.5) is 0 Å². The summed E-state index contributed by atoms with van der Waals surface area (Å²) < 4.78 is 6.57. The molecule has 0 aromatic carbocycles. The van der Waals surface area contributed by atoms with Crippen molar-refractivity contribution in [2.24, 2.45) is 0 Å². The molecule has 1 rings (SSSR count). The molecule has 0 heterocycles. The summed E-state index contributed by atoms with van der Waals surface area (Å²) in [5.41, 5.74) is 0.722. The highest BCUT2D eigenvalue weighted by Gasteiger charge is 2.24. The van der Waals surface area contributed by atoms with Crippen LogP contribution >= 0.6 is 0 Å². The zero-order valence-electron chi connectivity index (χ0n) is 14.1. The van der Waals surface area contributed by atoms with E-state index >= 15 is 0 Å². The first kappa shape index (κ1) is 18.0. The highest BCUT2D eigenvalue weighted by Crippen LogP contribution is 2.13. The van der Waals surface area contributed by atoms with Gasteiger partial charge in [-0.2, -0.15) is 0 Å². The van der Waals surface area contributed by atoms with Gasteiger partial charge in [0, 0.05) is 0 Å². The molecular formula is C18H32NO2+. The lowest BCUT2D eigenvalue weighted by atomic mass is 10.1. The van der Waals surface area contributed by atoms with Crippen molar-refractivity contribution >= 4 is 5.97 Å². The summed E-state index contributed by atoms with van der Waals surface area (Å²) in [5, 5.41) is 0. The fourth-order valence-corrected chi connectivity index (χ4v) is 2.96. The molecule has 120 valence electrons. The van der Waals surface area contributed by atoms with E-state index in [-0.39, 0.29) is 5.97 Å². The monoisotopic (exact) mass is 294 g/mol. The molecular weight excluding hydrogens is 262 g/mol. The molecule has 3 heteroatoms. The van der Waals surface area contributed by atoms with Gasteiger partial charge in [-0.15, -0.1) is 0 Å². The van der Waals surface area contributed by atoms with Gasteiger partial charge in [0.1, 0.15) is 13.2 Å². The van der Waals surface area contributed by atoms with Gasteiger partial charge >= 0.3 is 5.97 Å². The fraction of sp³-hybridized carbons (Fsp3) is 0.722. The van der Waals surface area contributed by atoms with Gasteiger partial charge in [0.25, 0.3) is 0 Å². The molecule has 0 aliphatic heterocycles. The summed E-state index contributed by atoms with van der Waals surface area (Å²) in [6.07, 6.45) is 11.5. The minimum Gasteiger partial charge on any atom is -0.456 e. The average molecular weight is 294 g/mol. The van der Waals surface area contributed by atoms with Gasteiger partial charge in [-0.3, -0.25) is 0 Å². The Hall–Kier alpha value is -1.09. The maximum absolute atomic E-state index is 12.0. The van der Waals surface area contributed by atoms with Crippen LogP contribution in [0.1, 0.15) is 52.9 Å². The van der Waals surface area contributed by atoms with Crippen LogP contribution in [-0.4, -0.2) is 43.2 Å². The van der Waals surface area contributed by atoms with Crippen LogP contribution in [-0.2, 0) is 9.53 Å². The number of esters is 1. The van der Waals surface area contributed by atoms with Gasteiger partial charge in [0.15, 0.2) is 0 Å². The quantitative estimate of drug-likeness (QED) is 0.452. The zero-order valence-corrected chi connectivity index (χ0v) is 14.1. The van der Waals surface area contributed by atoms with Crippen molar-refractivity contribution in [3.63, 3.8) is 0 Å². The third-order valence-electron chi connectivity index (χ3n) is 4.38. The SMILES string of the molecule is CCCC[N+](CC)(CCC)CCOC(=O)C1=CCCC=C1. The Morgan fingerprint density at radius 2 is 1.95 bits per heavy atom. The maximum atomic E-state index is 12.0. The maximum Gasteiger partial charge on any atom is 0.337 e. The van der Waals surface area contributed by atoms with E-state index in [1.54, 1.807) is 0 Å². The largest absolute Gasteiger partial charge is 0.456 e. The summed E-state index contributed by atoms with van der Waals surface area (Å²) in [6.45, 7) is 11.7. The minimum absolute atomic E-state index is 0.160. The van der Waals surface area contributed by atoms with Crippen LogP contribution in [0.2, 0.25) is 0 Å². The van der Waals surface area contributed by atoms with Gasteiger partial charge in [0.05, 0.1) is 25.2 Å². The molecule has 0 aromatic rings. The van der Waals surface area contributed by atoms with Crippen molar-refractivity contribution in [2.75, 3.05) is 32.8 Å². The number of allylic oxidation sites excluding steroid dienone is 2. The van der Waals surface area contributed by atoms with Crippen molar-refractivity contribution in [2.45, 2.75) is 52.9 Å². The topological polar surface area (TPSA) is 26.3 Å². The first-order valence-corrected chi connectivity index (χ1v) is 8.56. The molecule has 0 amide bonds. The molecule has 1 unspecified atom stereocenters. The molecule has 1 atom stereocenters. The van der Waals surface area contributed by atoms with E-state index in [0.717, 1.165) is 36.0 Å². The first-order chi connectivity index (χ1) is 10.2. The third-order valence-corrected chi connectivity index (χ3v) is 4.38. The van der Waals surface area contributed by atoms with Crippen LogP contribution in [0.25, 0.3) is 0 Å². The van der Waals surface area contributed by atoms with E-state index < -0.39 is 0 Å². The van der Waals surface area contributed by atoms with Crippen molar-refractivity contribution < 1.29 is 14.0 Å². The van der Waals surface area contributed by atoms with E-state index in [0.29, 0.717) is 6.61 Å². The van der Waals surface area contributed by atoms with Crippen LogP contribution in [0, 0.1) is 0 Å². The number of carbonyl (C=O) groups excluding carboxylic acids is 1. The molecule has 1 aliphatic carbocycles. The molecule has 1 aliphatic rings. The molecule has 0 N–H and O–H groups in total. The van der Waals surface area contributed by atoms with Gasteiger partial charge in [-0.1, -0.05) is 38.5 Å². The normalized spacial score (nSPS) is 17.2. The molecule has 0 fully saturated rings. The highest BCUT2D eigenvalue weighted by atomic mass is 16.5. The third kappa shape index (κ3) is 6.04. The van der Waals surface area contributed by atoms with Crippen molar-refractivity contribution in [3.05, 3.63) is 23.8 Å². The number of hydrogen-bond acceptors (Lipinski definition) is 2. The van der Waals surface area contributed by atoms with Crippen LogP contribution in [0.3, 0.4) is 0 Å². The Balaban J connectivity index is 2.46. The summed E-state index contributed by atoms with van der Waals surface area (Å²) in [6, 6.07) is 0. The van der Waals surface area contributed by atoms with E-state index in [1.165, 1.54) is 32.4 Å². The number of quaternary nitrogens is 1. The van der Waals surface area contributed by atoms with Gasteiger partial charge in [-0.05, 0) is 32.6 Å². The van der Waals surface area contributed by atoms with E-state index in [9.17, 15) is 4.79 Å². The lowest BCUT2D eigenvalue weighted by molar-refractivity contribution is -0.926. The fourth-order valence-electron chi connectivity index (χ4n) is 2.96. The number of hydrogen-bond donors (Lipinski definition) is 0. The van der Waals surface area contributed by atoms with Crippen molar-refractivity contribution in [1.29, 1.82) is 0 Å². The van der Waals surface area contributed by atoms with E-state index in [4.69, 9.17) is 4.74 Å². The smallest absolute Gasteiger partial charge is 0.337 e. The molecule has 0 saturated carbocycles. The van der Waals surface area contributed by atoms with Crippen LogP contribution in [0.15, 0.2) is 23.8 Å². The molecule has 0 radical (unpaired) electrons. The number of rotatable bonds is 10. The first-order valence-electron chi connectivity index (χ1n) is 8.56. The predicted molar refractivity (Wildman–Crippen MR) is 88.0 cm³/mol. The molecule has 0 aromatic heterocycles. The number of carbonyl (C=O) groups is 1. The summed E-state index contributed by atoms with van der Waals surface area (Å²) in [4.78, 5) is 12.0. The lowest BCUT2D eigenvalue weighted by Crippen LogP contribution is -2.51. The Labute approximate surface area is 130 Å². The minimum atomic E-state index is -0.160. The number of likely N-dealkylation sites (N-methyl/N-ethyl adjacent to an activating group) is 1. The summed E-state index contributed by atoms with van der Waals surface area (Å²) >= 11 is 0. The van der Waals surface area contributed by atoms with Crippen LogP contribution in [0.5, 0.6) is 0 Å². The van der Waals surface area contributed by atoms with Gasteiger partial charge < -0.3 is 9.22 Å². The second kappa shape index (κ2) is 9.78. The summed E-state index contributed by atoms with van der Waals surface area (Å²) in [7, 11) is 0. The lowest BCUT2D eigenvalue weighted by Gasteiger charge is -2.37. The summed E-state index contributed by atoms with van der Waals surface area (Å²) in [5.74, 6) is -0.160. The molecule has 21 heavy (non-hydrogen) atoms. The average Bonchev–Trinajstić information content (AvgIpc) is 2.53. The predicted octanol–water partition coefficient (Wildman–Crippen LogP) is 3.85. The standard InChI is InChI=1S/C18H32NO2/c1-4-7-14-19(6-3,13-5-2)15-16-21-18(20)17-11-9-8-10-12-17/h9,11-12H,4-8,10,13-16H2,1-3H3/q+1. The second-order valence-corrected chi connectivity index (χ2v) is 5.96. The zero-order chi connectivity index (χ0) is 15.6. The van der Waals surface area contributed by atoms with Crippen molar-refractivity contribution in [1.82, 2.24) is 0 Å². The van der Waals surface area contributed by atoms with Crippen molar-refractivity contribution in [3.8, 4) is 0 Å². The Morgan fingerprint density at radius 1 is 1.14 bits per heavy atom. The molecule has 0 bridgehead atoms. The van der Waals surface area contributed by atoms with Gasteiger partial charge in [0.2, 0.25) is 0 Å². The second-order valence-electron chi connectivity index (χ2n) is 5.96. The van der Waals surface area contributed by atoms with E-state index in [2.05, 4.69) is 20.8 Å². The number of unbranched alkanes of at least 4 members (excludes halogenated alkanes) is 1. The number of ether oxygens (including phenoxy) is 1. The van der Waals surface area contributed by atoms with Gasteiger partial charge in [-0.25, -0.2) is 4.79 Å². The molecule has 0 spiro atoms. The molecule has 0 saturated heterocycles.